The SMILES string of the molecule is CC(C)NC(=O)Nc1cc2c(NC3CCC(C)C3(C)C)c(C(N)=O)cnn2c1. The van der Waals surface area contributed by atoms with Gasteiger partial charge in [0.25, 0.3) is 5.91 Å². The van der Waals surface area contributed by atoms with Gasteiger partial charge in [0.2, 0.25) is 0 Å². The van der Waals surface area contributed by atoms with Gasteiger partial charge < -0.3 is 21.7 Å². The lowest BCUT2D eigenvalue weighted by Crippen LogP contribution is -2.35. The second kappa shape index (κ2) is 7.33. The lowest BCUT2D eigenvalue weighted by atomic mass is 9.80. The van der Waals surface area contributed by atoms with Crippen LogP contribution in [0.4, 0.5) is 16.2 Å². The Bertz CT molecular complexity index is 901. The van der Waals surface area contributed by atoms with Gasteiger partial charge in [-0.2, -0.15) is 5.10 Å². The number of anilines is 2. The van der Waals surface area contributed by atoms with Crippen molar-refractivity contribution < 1.29 is 9.59 Å². The lowest BCUT2D eigenvalue weighted by Gasteiger charge is -2.33. The van der Waals surface area contributed by atoms with Crippen molar-refractivity contribution in [3.63, 3.8) is 0 Å². The quantitative estimate of drug-likeness (QED) is 0.632. The number of nitrogens with two attached hydrogens (primary N) is 1. The number of fused-ring (bicyclic) bond motifs is 1. The molecule has 2 unspecified atom stereocenters. The number of hydrogen-bond acceptors (Lipinski definition) is 4. The van der Waals surface area contributed by atoms with Gasteiger partial charge in [-0.05, 0) is 44.1 Å². The van der Waals surface area contributed by atoms with E-state index in [0.717, 1.165) is 12.8 Å². The van der Waals surface area contributed by atoms with E-state index in [-0.39, 0.29) is 23.5 Å². The number of hydrogen-bond donors (Lipinski definition) is 4. The van der Waals surface area contributed by atoms with Gasteiger partial charge in [-0.15, -0.1) is 0 Å². The molecule has 8 nitrogen and oxygen atoms in total. The molecule has 2 aromatic rings. The highest BCUT2D eigenvalue weighted by atomic mass is 16.2. The van der Waals surface area contributed by atoms with Crippen molar-refractivity contribution in [1.29, 1.82) is 0 Å². The summed E-state index contributed by atoms with van der Waals surface area (Å²) in [5.74, 6) is 0.0400. The zero-order valence-electron chi connectivity index (χ0n) is 17.2. The molecule has 2 atom stereocenters. The van der Waals surface area contributed by atoms with Crippen LogP contribution >= 0.6 is 0 Å². The van der Waals surface area contributed by atoms with E-state index >= 15 is 0 Å². The molecule has 152 valence electrons. The predicted octanol–water partition coefficient (Wildman–Crippen LogP) is 3.20. The van der Waals surface area contributed by atoms with E-state index in [1.54, 1.807) is 16.8 Å². The van der Waals surface area contributed by atoms with Crippen molar-refractivity contribution in [3.8, 4) is 0 Å². The third kappa shape index (κ3) is 3.76. The van der Waals surface area contributed by atoms with Crippen LogP contribution in [0, 0.1) is 11.3 Å². The van der Waals surface area contributed by atoms with E-state index in [1.165, 1.54) is 6.20 Å². The van der Waals surface area contributed by atoms with Crippen LogP contribution in [0.2, 0.25) is 0 Å². The summed E-state index contributed by atoms with van der Waals surface area (Å²) in [5.41, 5.74) is 7.99. The van der Waals surface area contributed by atoms with Gasteiger partial charge in [0.1, 0.15) is 0 Å². The van der Waals surface area contributed by atoms with Gasteiger partial charge in [0, 0.05) is 12.1 Å². The van der Waals surface area contributed by atoms with Gasteiger partial charge in [-0.25, -0.2) is 9.31 Å². The van der Waals surface area contributed by atoms with Gasteiger partial charge in [-0.3, -0.25) is 4.79 Å². The fourth-order valence-electron chi connectivity index (χ4n) is 3.83. The second-order valence-electron chi connectivity index (χ2n) is 8.61. The second-order valence-corrected chi connectivity index (χ2v) is 8.61. The molecule has 3 amide bonds. The molecule has 2 heterocycles. The minimum Gasteiger partial charge on any atom is -0.379 e. The van der Waals surface area contributed by atoms with E-state index in [2.05, 4.69) is 41.8 Å². The zero-order valence-corrected chi connectivity index (χ0v) is 17.2. The highest BCUT2D eigenvalue weighted by Crippen LogP contribution is 2.44. The third-order valence-electron chi connectivity index (χ3n) is 5.96. The van der Waals surface area contributed by atoms with Gasteiger partial charge >= 0.3 is 6.03 Å². The number of amides is 3. The highest BCUT2D eigenvalue weighted by Gasteiger charge is 2.41. The molecule has 0 aromatic carbocycles. The van der Waals surface area contributed by atoms with Crippen LogP contribution in [0.15, 0.2) is 18.5 Å². The fraction of sp³-hybridized carbons (Fsp3) is 0.550. The number of aromatic nitrogens is 2. The fourth-order valence-corrected chi connectivity index (χ4v) is 3.83. The Balaban J connectivity index is 1.98. The number of primary amides is 1. The molecule has 28 heavy (non-hydrogen) atoms. The van der Waals surface area contributed by atoms with Crippen molar-refractivity contribution in [2.75, 3.05) is 10.6 Å². The minimum atomic E-state index is -0.533. The van der Waals surface area contributed by atoms with E-state index in [0.29, 0.717) is 28.4 Å². The highest BCUT2D eigenvalue weighted by molar-refractivity contribution is 6.02. The first-order valence-corrected chi connectivity index (χ1v) is 9.74. The summed E-state index contributed by atoms with van der Waals surface area (Å²) >= 11 is 0. The Morgan fingerprint density at radius 2 is 2.04 bits per heavy atom. The van der Waals surface area contributed by atoms with E-state index in [4.69, 9.17) is 5.73 Å². The third-order valence-corrected chi connectivity index (χ3v) is 5.96. The van der Waals surface area contributed by atoms with Crippen LogP contribution in [0.1, 0.15) is 57.8 Å². The zero-order chi connectivity index (χ0) is 20.6. The first-order chi connectivity index (χ1) is 13.1. The molecule has 1 aliphatic rings. The molecule has 2 aromatic heterocycles. The molecule has 5 N–H and O–H groups in total. The predicted molar refractivity (Wildman–Crippen MR) is 111 cm³/mol. The van der Waals surface area contributed by atoms with E-state index in [9.17, 15) is 9.59 Å². The standard InChI is InChI=1S/C20H30N6O2/c1-11(2)23-19(28)24-13-8-15-17(14(18(21)27)9-22-26(15)10-13)25-16-7-6-12(3)20(16,4)5/h8-12,16,25H,6-7H2,1-5H3,(H2,21,27)(H2,23,24,28). The van der Waals surface area contributed by atoms with Crippen molar-refractivity contribution in [2.45, 2.75) is 59.5 Å². The van der Waals surface area contributed by atoms with Crippen molar-refractivity contribution in [1.82, 2.24) is 14.9 Å². The molecule has 1 fully saturated rings. The van der Waals surface area contributed by atoms with E-state index in [1.807, 2.05) is 13.8 Å². The van der Waals surface area contributed by atoms with E-state index < -0.39 is 5.91 Å². The average Bonchev–Trinajstić information content (AvgIpc) is 3.09. The molecule has 0 radical (unpaired) electrons. The molecule has 1 aliphatic carbocycles. The summed E-state index contributed by atoms with van der Waals surface area (Å²) in [6, 6.07) is 1.75. The van der Waals surface area contributed by atoms with Crippen LogP contribution in [0.3, 0.4) is 0 Å². The maximum Gasteiger partial charge on any atom is 0.319 e. The number of urea groups is 1. The summed E-state index contributed by atoms with van der Waals surface area (Å²) in [5, 5.41) is 13.4. The maximum absolute atomic E-state index is 12.0. The number of nitrogens with zero attached hydrogens (tertiary/aromatic N) is 2. The Kier molecular flexibility index (Phi) is 5.23. The molecular formula is C20H30N6O2. The smallest absolute Gasteiger partial charge is 0.319 e. The molecule has 0 aliphatic heterocycles. The Hall–Kier alpha value is -2.77. The average molecular weight is 387 g/mol. The van der Waals surface area contributed by atoms with Crippen LogP contribution in [0.25, 0.3) is 5.52 Å². The topological polar surface area (TPSA) is 114 Å². The molecule has 1 saturated carbocycles. The molecule has 3 rings (SSSR count). The summed E-state index contributed by atoms with van der Waals surface area (Å²) < 4.78 is 1.64. The Morgan fingerprint density at radius 1 is 1.32 bits per heavy atom. The molecular weight excluding hydrogens is 356 g/mol. The van der Waals surface area contributed by atoms with Crippen molar-refractivity contribution in [2.24, 2.45) is 17.1 Å². The number of carbonyl (C=O) groups is 2. The maximum atomic E-state index is 12.0. The largest absolute Gasteiger partial charge is 0.379 e. The number of carbonyl (C=O) groups excluding carboxylic acids is 2. The first-order valence-electron chi connectivity index (χ1n) is 9.74. The summed E-state index contributed by atoms with van der Waals surface area (Å²) in [6.45, 7) is 10.5. The van der Waals surface area contributed by atoms with Crippen LogP contribution < -0.4 is 21.7 Å². The first kappa shape index (κ1) is 20.0. The van der Waals surface area contributed by atoms with Gasteiger partial charge in [0.05, 0.1) is 34.8 Å². The Labute approximate surface area is 165 Å². The number of rotatable bonds is 5. The van der Waals surface area contributed by atoms with Gasteiger partial charge in [0.15, 0.2) is 0 Å². The summed E-state index contributed by atoms with van der Waals surface area (Å²) in [6.07, 6.45) is 5.33. The van der Waals surface area contributed by atoms with Crippen molar-refractivity contribution in [3.05, 3.63) is 24.0 Å². The van der Waals surface area contributed by atoms with Crippen LogP contribution in [-0.2, 0) is 0 Å². The normalized spacial score (nSPS) is 21.1. The Morgan fingerprint density at radius 3 is 2.61 bits per heavy atom. The minimum absolute atomic E-state index is 0.0282. The monoisotopic (exact) mass is 386 g/mol. The molecule has 8 heteroatoms. The molecule has 0 spiro atoms. The number of nitrogens with one attached hydrogen (secondary N) is 3. The van der Waals surface area contributed by atoms with Gasteiger partial charge in [-0.1, -0.05) is 20.8 Å². The molecule has 0 bridgehead atoms. The van der Waals surface area contributed by atoms with Crippen molar-refractivity contribution >= 4 is 28.8 Å². The molecule has 0 saturated heterocycles. The lowest BCUT2D eigenvalue weighted by molar-refractivity contribution is 0.100. The van der Waals surface area contributed by atoms with Crippen LogP contribution in [-0.4, -0.2) is 33.6 Å². The summed E-state index contributed by atoms with van der Waals surface area (Å²) in [4.78, 5) is 24.0. The van der Waals surface area contributed by atoms with Crippen LogP contribution in [0.5, 0.6) is 0 Å². The summed E-state index contributed by atoms with van der Waals surface area (Å²) in [7, 11) is 0.